The third-order valence-corrected chi connectivity index (χ3v) is 7.77. The van der Waals surface area contributed by atoms with Crippen LogP contribution in [0, 0.1) is 11.7 Å². The van der Waals surface area contributed by atoms with Gasteiger partial charge < -0.3 is 9.80 Å². The van der Waals surface area contributed by atoms with Gasteiger partial charge in [-0.25, -0.2) is 12.8 Å². The standard InChI is InChI=1S/C22H25ClFN3O3S/c1-22(2,3)27-13-16(14-4-6-17(23)18(24)12-14)15-5-7-19(25-20(15)27)21(28)26-8-10-31(29,30)11-9-26/h4-7,12-13,15,20H,8-11H2,1-3H3. The van der Waals surface area contributed by atoms with Crippen LogP contribution >= 0.6 is 11.6 Å². The van der Waals surface area contributed by atoms with Gasteiger partial charge in [-0.2, -0.15) is 0 Å². The molecule has 166 valence electrons. The van der Waals surface area contributed by atoms with Crippen molar-refractivity contribution >= 4 is 38.6 Å². The molecule has 0 aromatic heterocycles. The largest absolute Gasteiger partial charge is 0.350 e. The minimum Gasteiger partial charge on any atom is -0.350 e. The van der Waals surface area contributed by atoms with E-state index in [1.165, 1.54) is 12.1 Å². The van der Waals surface area contributed by atoms with Crippen LogP contribution < -0.4 is 0 Å². The number of fused-ring (bicyclic) bond motifs is 1. The molecule has 1 saturated heterocycles. The van der Waals surface area contributed by atoms with E-state index in [0.29, 0.717) is 5.71 Å². The predicted octanol–water partition coefficient (Wildman–Crippen LogP) is 3.14. The van der Waals surface area contributed by atoms with E-state index >= 15 is 0 Å². The van der Waals surface area contributed by atoms with Gasteiger partial charge in [0.25, 0.3) is 5.91 Å². The van der Waals surface area contributed by atoms with E-state index in [-0.39, 0.29) is 53.1 Å². The molecule has 1 amide bonds. The van der Waals surface area contributed by atoms with Gasteiger partial charge in [0.2, 0.25) is 0 Å². The summed E-state index contributed by atoms with van der Waals surface area (Å²) in [6.07, 6.45) is 5.26. The van der Waals surface area contributed by atoms with Crippen molar-refractivity contribution in [2.45, 2.75) is 32.5 Å². The van der Waals surface area contributed by atoms with Gasteiger partial charge >= 0.3 is 0 Å². The number of sulfone groups is 1. The lowest BCUT2D eigenvalue weighted by atomic mass is 9.90. The molecule has 2 unspecified atom stereocenters. The molecule has 0 radical (unpaired) electrons. The maximum absolute atomic E-state index is 14.1. The highest BCUT2D eigenvalue weighted by Crippen LogP contribution is 2.42. The Bertz CT molecular complexity index is 1110. The first-order chi connectivity index (χ1) is 14.5. The molecule has 1 fully saturated rings. The molecule has 31 heavy (non-hydrogen) atoms. The third kappa shape index (κ3) is 4.28. The molecule has 2 atom stereocenters. The van der Waals surface area contributed by atoms with Crippen molar-refractivity contribution < 1.29 is 17.6 Å². The lowest BCUT2D eigenvalue weighted by Gasteiger charge is -2.38. The van der Waals surface area contributed by atoms with Crippen LogP contribution in [0.25, 0.3) is 5.57 Å². The Balaban J connectivity index is 1.63. The van der Waals surface area contributed by atoms with Crippen molar-refractivity contribution in [1.82, 2.24) is 9.80 Å². The Morgan fingerprint density at radius 3 is 2.52 bits per heavy atom. The molecule has 3 aliphatic heterocycles. The van der Waals surface area contributed by atoms with Crippen LogP contribution in [-0.4, -0.2) is 66.1 Å². The lowest BCUT2D eigenvalue weighted by molar-refractivity contribution is -0.123. The quantitative estimate of drug-likeness (QED) is 0.672. The van der Waals surface area contributed by atoms with Crippen molar-refractivity contribution in [3.8, 4) is 0 Å². The van der Waals surface area contributed by atoms with Crippen molar-refractivity contribution in [1.29, 1.82) is 0 Å². The van der Waals surface area contributed by atoms with E-state index in [4.69, 9.17) is 16.6 Å². The van der Waals surface area contributed by atoms with E-state index < -0.39 is 15.7 Å². The third-order valence-electron chi connectivity index (χ3n) is 5.85. The number of carbonyl (C=O) groups excluding carboxylic acids is 1. The predicted molar refractivity (Wildman–Crippen MR) is 120 cm³/mol. The maximum Gasteiger partial charge on any atom is 0.272 e. The van der Waals surface area contributed by atoms with Gasteiger partial charge in [-0.15, -0.1) is 0 Å². The number of rotatable bonds is 2. The summed E-state index contributed by atoms with van der Waals surface area (Å²) < 4.78 is 37.5. The van der Waals surface area contributed by atoms with Gasteiger partial charge in [0, 0.05) is 30.7 Å². The van der Waals surface area contributed by atoms with Crippen LogP contribution in [0.15, 0.2) is 41.5 Å². The van der Waals surface area contributed by atoms with E-state index in [2.05, 4.69) is 25.7 Å². The number of hydrogen-bond acceptors (Lipinski definition) is 5. The fourth-order valence-corrected chi connectivity index (χ4v) is 5.43. The number of hydrogen-bond donors (Lipinski definition) is 0. The summed E-state index contributed by atoms with van der Waals surface area (Å²) in [5.74, 6) is -0.930. The molecule has 9 heteroatoms. The minimum absolute atomic E-state index is 0.0241. The Hall–Kier alpha value is -2.19. The second-order valence-electron chi connectivity index (χ2n) is 9.05. The van der Waals surface area contributed by atoms with Crippen LogP contribution in [0.4, 0.5) is 4.39 Å². The van der Waals surface area contributed by atoms with Gasteiger partial charge in [0.15, 0.2) is 9.84 Å². The summed E-state index contributed by atoms with van der Waals surface area (Å²) in [4.78, 5) is 21.4. The Kier molecular flexibility index (Phi) is 5.50. The number of aliphatic imine (C=N–C) groups is 1. The zero-order valence-electron chi connectivity index (χ0n) is 17.7. The molecule has 0 bridgehead atoms. The normalized spacial score (nSPS) is 25.2. The maximum atomic E-state index is 14.1. The number of dihydropyridines is 1. The summed E-state index contributed by atoms with van der Waals surface area (Å²) in [5, 5.41) is 0.0696. The van der Waals surface area contributed by atoms with Gasteiger partial charge in [-0.05, 0) is 50.1 Å². The van der Waals surface area contributed by atoms with Crippen molar-refractivity contribution in [3.05, 3.63) is 53.0 Å². The molecule has 3 aliphatic rings. The SMILES string of the molecule is CC(C)(C)N1C=C(c2ccc(Cl)c(F)c2)C2C=CC(C(=O)N3CCS(=O)(=O)CC3)=NC21. The van der Waals surface area contributed by atoms with E-state index in [9.17, 15) is 17.6 Å². The zero-order chi connectivity index (χ0) is 22.6. The fourth-order valence-electron chi connectivity index (χ4n) is 4.11. The van der Waals surface area contributed by atoms with Gasteiger partial charge in [-0.1, -0.05) is 23.7 Å². The van der Waals surface area contributed by atoms with Crippen LogP contribution in [-0.2, 0) is 14.6 Å². The molecule has 0 N–H and O–H groups in total. The number of nitrogens with zero attached hydrogens (tertiary/aromatic N) is 3. The van der Waals surface area contributed by atoms with Gasteiger partial charge in [-0.3, -0.25) is 9.79 Å². The zero-order valence-corrected chi connectivity index (χ0v) is 19.3. The van der Waals surface area contributed by atoms with Gasteiger partial charge in [0.1, 0.15) is 17.7 Å². The molecule has 1 aromatic carbocycles. The molecule has 4 rings (SSSR count). The second kappa shape index (κ2) is 7.74. The summed E-state index contributed by atoms with van der Waals surface area (Å²) >= 11 is 5.85. The molecule has 0 saturated carbocycles. The monoisotopic (exact) mass is 465 g/mol. The minimum atomic E-state index is -3.08. The van der Waals surface area contributed by atoms with E-state index in [1.807, 2.05) is 12.3 Å². The number of carbonyl (C=O) groups is 1. The highest BCUT2D eigenvalue weighted by atomic mass is 35.5. The number of benzene rings is 1. The molecule has 0 aliphatic carbocycles. The Morgan fingerprint density at radius 1 is 1.23 bits per heavy atom. The first-order valence-corrected chi connectivity index (χ1v) is 12.4. The molecule has 0 spiro atoms. The average molecular weight is 466 g/mol. The van der Waals surface area contributed by atoms with Crippen LogP contribution in [0.2, 0.25) is 5.02 Å². The van der Waals surface area contributed by atoms with Gasteiger partial charge in [0.05, 0.1) is 16.5 Å². The summed E-state index contributed by atoms with van der Waals surface area (Å²) in [6.45, 7) is 6.52. The highest BCUT2D eigenvalue weighted by molar-refractivity contribution is 7.91. The van der Waals surface area contributed by atoms with Crippen LogP contribution in [0.5, 0.6) is 0 Å². The van der Waals surface area contributed by atoms with Crippen molar-refractivity contribution in [2.75, 3.05) is 24.6 Å². The molecule has 3 heterocycles. The topological polar surface area (TPSA) is 70.1 Å². The summed E-state index contributed by atoms with van der Waals surface area (Å²) in [5.41, 5.74) is 1.66. The molecular weight excluding hydrogens is 441 g/mol. The lowest BCUT2D eigenvalue weighted by Crippen LogP contribution is -2.48. The average Bonchev–Trinajstić information content (AvgIpc) is 3.09. The smallest absolute Gasteiger partial charge is 0.272 e. The second-order valence-corrected chi connectivity index (χ2v) is 11.8. The fraction of sp³-hybridized carbons (Fsp3) is 0.455. The summed E-state index contributed by atoms with van der Waals surface area (Å²) in [6, 6.07) is 4.74. The summed E-state index contributed by atoms with van der Waals surface area (Å²) in [7, 11) is -3.08. The Morgan fingerprint density at radius 2 is 1.90 bits per heavy atom. The van der Waals surface area contributed by atoms with Crippen LogP contribution in [0.3, 0.4) is 0 Å². The molecule has 6 nitrogen and oxygen atoms in total. The molecule has 1 aromatic rings. The van der Waals surface area contributed by atoms with Crippen molar-refractivity contribution in [2.24, 2.45) is 10.9 Å². The number of halogens is 2. The highest BCUT2D eigenvalue weighted by Gasteiger charge is 2.41. The Labute approximate surface area is 187 Å². The van der Waals surface area contributed by atoms with E-state index in [0.717, 1.165) is 11.1 Å². The van der Waals surface area contributed by atoms with Crippen LogP contribution in [0.1, 0.15) is 26.3 Å². The number of amides is 1. The molecular formula is C22H25ClFN3O3S. The first-order valence-electron chi connectivity index (χ1n) is 10.2. The van der Waals surface area contributed by atoms with Crippen molar-refractivity contribution in [3.63, 3.8) is 0 Å². The van der Waals surface area contributed by atoms with E-state index in [1.54, 1.807) is 17.0 Å². The first kappa shape index (κ1) is 22.0.